The first-order chi connectivity index (χ1) is 10.7. The molecule has 0 unspecified atom stereocenters. The second kappa shape index (κ2) is 11.8. The van der Waals surface area contributed by atoms with Crippen LogP contribution < -0.4 is 4.74 Å². The smallest absolute Gasteiger partial charge is 0.311 e. The molecule has 0 saturated carbocycles. The molecule has 0 aliphatic carbocycles. The molecule has 1 aromatic rings. The molecule has 0 radical (unpaired) electrons. The highest BCUT2D eigenvalue weighted by molar-refractivity contribution is 5.72. The largest absolute Gasteiger partial charge is 0.466 e. The van der Waals surface area contributed by atoms with Crippen molar-refractivity contribution in [1.29, 1.82) is 0 Å². The van der Waals surface area contributed by atoms with Gasteiger partial charge in [0.2, 0.25) is 0 Å². The van der Waals surface area contributed by atoms with Crippen molar-refractivity contribution >= 4 is 11.9 Å². The quantitative estimate of drug-likeness (QED) is 0.348. The van der Waals surface area contributed by atoms with Crippen molar-refractivity contribution in [3.05, 3.63) is 30.3 Å². The van der Waals surface area contributed by atoms with Crippen molar-refractivity contribution in [3.8, 4) is 5.75 Å². The third kappa shape index (κ3) is 9.16. The Hall–Kier alpha value is -1.84. The van der Waals surface area contributed by atoms with Crippen LogP contribution >= 0.6 is 0 Å². The lowest BCUT2D eigenvalue weighted by Crippen LogP contribution is -2.07. The third-order valence-electron chi connectivity index (χ3n) is 3.29. The number of benzene rings is 1. The van der Waals surface area contributed by atoms with Gasteiger partial charge in [0.25, 0.3) is 0 Å². The highest BCUT2D eigenvalue weighted by Crippen LogP contribution is 2.12. The molecule has 0 atom stereocenters. The Labute approximate surface area is 132 Å². The molecule has 1 rings (SSSR count). The summed E-state index contributed by atoms with van der Waals surface area (Å²) in [7, 11) is 0. The van der Waals surface area contributed by atoms with Gasteiger partial charge in [-0.2, -0.15) is 0 Å². The van der Waals surface area contributed by atoms with Gasteiger partial charge in [-0.1, -0.05) is 43.9 Å². The maximum Gasteiger partial charge on any atom is 0.311 e. The molecule has 0 heterocycles. The summed E-state index contributed by atoms with van der Waals surface area (Å²) < 4.78 is 10.1. The predicted molar refractivity (Wildman–Crippen MR) is 85.6 cm³/mol. The van der Waals surface area contributed by atoms with Crippen LogP contribution in [0.1, 0.15) is 58.3 Å². The fraction of sp³-hybridized carbons (Fsp3) is 0.556. The van der Waals surface area contributed by atoms with Gasteiger partial charge in [0.05, 0.1) is 6.61 Å². The number of carbonyl (C=O) groups is 2. The minimum absolute atomic E-state index is 0.105. The van der Waals surface area contributed by atoms with E-state index in [0.29, 0.717) is 25.2 Å². The summed E-state index contributed by atoms with van der Waals surface area (Å²) in [6.45, 7) is 2.28. The van der Waals surface area contributed by atoms with Gasteiger partial charge in [-0.05, 0) is 31.9 Å². The lowest BCUT2D eigenvalue weighted by molar-refractivity contribution is -0.143. The SMILES string of the molecule is CCOC(=O)CCCCCCCCC(=O)Oc1ccccc1. The first-order valence-electron chi connectivity index (χ1n) is 8.13. The van der Waals surface area contributed by atoms with E-state index in [1.54, 1.807) is 12.1 Å². The maximum atomic E-state index is 11.6. The molecule has 0 aliphatic rings. The fourth-order valence-electron chi connectivity index (χ4n) is 2.15. The molecule has 0 fully saturated rings. The van der Waals surface area contributed by atoms with E-state index in [1.165, 1.54) is 0 Å². The second-order valence-corrected chi connectivity index (χ2v) is 5.21. The van der Waals surface area contributed by atoms with Gasteiger partial charge in [-0.15, -0.1) is 0 Å². The molecule has 1 aromatic carbocycles. The predicted octanol–water partition coefficient (Wildman–Crippen LogP) is 4.28. The van der Waals surface area contributed by atoms with Crippen LogP contribution in [0.15, 0.2) is 30.3 Å². The molecule has 0 aliphatic heterocycles. The summed E-state index contributed by atoms with van der Waals surface area (Å²) >= 11 is 0. The summed E-state index contributed by atoms with van der Waals surface area (Å²) in [4.78, 5) is 22.7. The molecule has 4 nitrogen and oxygen atoms in total. The fourth-order valence-corrected chi connectivity index (χ4v) is 2.15. The van der Waals surface area contributed by atoms with Crippen molar-refractivity contribution in [3.63, 3.8) is 0 Å². The van der Waals surface area contributed by atoms with E-state index in [2.05, 4.69) is 0 Å². The van der Waals surface area contributed by atoms with Gasteiger partial charge in [0.15, 0.2) is 0 Å². The summed E-state index contributed by atoms with van der Waals surface area (Å²) in [6, 6.07) is 9.14. The van der Waals surface area contributed by atoms with Gasteiger partial charge in [-0.25, -0.2) is 0 Å². The minimum atomic E-state index is -0.173. The molecule has 0 spiro atoms. The standard InChI is InChI=1S/C18H26O4/c1-2-21-17(19)14-10-5-3-4-6-11-15-18(20)22-16-12-8-7-9-13-16/h7-9,12-13H,2-6,10-11,14-15H2,1H3. The topological polar surface area (TPSA) is 52.6 Å². The van der Waals surface area contributed by atoms with Crippen LogP contribution in [0.25, 0.3) is 0 Å². The molecule has 22 heavy (non-hydrogen) atoms. The lowest BCUT2D eigenvalue weighted by Gasteiger charge is -2.04. The number of rotatable bonds is 11. The van der Waals surface area contributed by atoms with E-state index in [4.69, 9.17) is 9.47 Å². The highest BCUT2D eigenvalue weighted by Gasteiger charge is 2.04. The highest BCUT2D eigenvalue weighted by atomic mass is 16.5. The summed E-state index contributed by atoms with van der Waals surface area (Å²) in [5.41, 5.74) is 0. The summed E-state index contributed by atoms with van der Waals surface area (Å²) in [6.07, 6.45) is 6.93. The molecule has 0 bridgehead atoms. The molecule has 0 aromatic heterocycles. The first kappa shape index (κ1) is 18.2. The van der Waals surface area contributed by atoms with Crippen LogP contribution in [0.3, 0.4) is 0 Å². The van der Waals surface area contributed by atoms with Gasteiger partial charge in [0.1, 0.15) is 5.75 Å². The normalized spacial score (nSPS) is 10.2. The Morgan fingerprint density at radius 2 is 1.36 bits per heavy atom. The number of hydrogen-bond donors (Lipinski definition) is 0. The van der Waals surface area contributed by atoms with Crippen LogP contribution in [0.2, 0.25) is 0 Å². The van der Waals surface area contributed by atoms with E-state index >= 15 is 0 Å². The number of ether oxygens (including phenoxy) is 2. The third-order valence-corrected chi connectivity index (χ3v) is 3.29. The maximum absolute atomic E-state index is 11.6. The van der Waals surface area contributed by atoms with Crippen LogP contribution in [0.5, 0.6) is 5.75 Å². The zero-order chi connectivity index (χ0) is 16.0. The van der Waals surface area contributed by atoms with Crippen LogP contribution in [-0.4, -0.2) is 18.5 Å². The number of para-hydroxylation sites is 1. The second-order valence-electron chi connectivity index (χ2n) is 5.21. The molecule has 0 saturated heterocycles. The van der Waals surface area contributed by atoms with Crippen molar-refractivity contribution in [2.24, 2.45) is 0 Å². The molecule has 122 valence electrons. The van der Waals surface area contributed by atoms with Crippen molar-refractivity contribution in [1.82, 2.24) is 0 Å². The number of unbranched alkanes of at least 4 members (excludes halogenated alkanes) is 5. The Bertz CT molecular complexity index is 428. The van der Waals surface area contributed by atoms with Crippen LogP contribution in [-0.2, 0) is 14.3 Å². The zero-order valence-corrected chi connectivity index (χ0v) is 13.4. The van der Waals surface area contributed by atoms with E-state index in [0.717, 1.165) is 38.5 Å². The Morgan fingerprint density at radius 1 is 0.818 bits per heavy atom. The van der Waals surface area contributed by atoms with E-state index in [1.807, 2.05) is 25.1 Å². The zero-order valence-electron chi connectivity index (χ0n) is 13.4. The first-order valence-corrected chi connectivity index (χ1v) is 8.13. The molecular formula is C18H26O4. The van der Waals surface area contributed by atoms with Gasteiger partial charge in [-0.3, -0.25) is 9.59 Å². The van der Waals surface area contributed by atoms with Gasteiger partial charge >= 0.3 is 11.9 Å². The van der Waals surface area contributed by atoms with Crippen LogP contribution in [0.4, 0.5) is 0 Å². The van der Waals surface area contributed by atoms with E-state index in [-0.39, 0.29) is 11.9 Å². The average Bonchev–Trinajstić information content (AvgIpc) is 2.51. The lowest BCUT2D eigenvalue weighted by atomic mass is 10.1. The van der Waals surface area contributed by atoms with Crippen molar-refractivity contribution < 1.29 is 19.1 Å². The number of hydrogen-bond acceptors (Lipinski definition) is 4. The van der Waals surface area contributed by atoms with Gasteiger partial charge in [0, 0.05) is 12.8 Å². The monoisotopic (exact) mass is 306 g/mol. The van der Waals surface area contributed by atoms with Crippen molar-refractivity contribution in [2.75, 3.05) is 6.61 Å². The molecule has 0 amide bonds. The Balaban J connectivity index is 1.93. The van der Waals surface area contributed by atoms with Crippen molar-refractivity contribution in [2.45, 2.75) is 58.3 Å². The van der Waals surface area contributed by atoms with E-state index < -0.39 is 0 Å². The number of carbonyl (C=O) groups excluding carboxylic acids is 2. The summed E-state index contributed by atoms with van der Waals surface area (Å²) in [5, 5.41) is 0. The minimum Gasteiger partial charge on any atom is -0.466 e. The Kier molecular flexibility index (Phi) is 9.75. The molecule has 0 N–H and O–H groups in total. The number of esters is 2. The molecule has 4 heteroatoms. The molecular weight excluding hydrogens is 280 g/mol. The van der Waals surface area contributed by atoms with E-state index in [9.17, 15) is 9.59 Å². The van der Waals surface area contributed by atoms with Gasteiger partial charge < -0.3 is 9.47 Å². The Morgan fingerprint density at radius 3 is 1.95 bits per heavy atom. The van der Waals surface area contributed by atoms with Crippen LogP contribution in [0, 0.1) is 0 Å². The average molecular weight is 306 g/mol. The summed E-state index contributed by atoms with van der Waals surface area (Å²) in [5.74, 6) is 0.325.